The topological polar surface area (TPSA) is 46.1 Å². The van der Waals surface area contributed by atoms with Crippen LogP contribution in [0, 0.1) is 6.92 Å². The lowest BCUT2D eigenvalue weighted by atomic mass is 10.1. The van der Waals surface area contributed by atoms with Gasteiger partial charge in [0.05, 0.1) is 0 Å². The first-order chi connectivity index (χ1) is 10.7. The molecule has 1 aliphatic heterocycles. The number of benzene rings is 1. The second kappa shape index (κ2) is 7.24. The zero-order valence-electron chi connectivity index (χ0n) is 12.6. The Bertz CT molecular complexity index is 623. The largest absolute Gasteiger partial charge is 0.341 e. The average Bonchev–Trinajstić information content (AvgIpc) is 2.99. The lowest BCUT2D eigenvalue weighted by Crippen LogP contribution is -2.38. The van der Waals surface area contributed by atoms with Gasteiger partial charge in [-0.15, -0.1) is 10.2 Å². The van der Waals surface area contributed by atoms with Crippen molar-refractivity contribution >= 4 is 29.0 Å². The third-order valence-corrected chi connectivity index (χ3v) is 5.89. The van der Waals surface area contributed by atoms with E-state index >= 15 is 0 Å². The Balaban J connectivity index is 1.83. The fourth-order valence-electron chi connectivity index (χ4n) is 2.60. The summed E-state index contributed by atoms with van der Waals surface area (Å²) in [5.74, 6) is 0.198. The van der Waals surface area contributed by atoms with Crippen molar-refractivity contribution in [1.29, 1.82) is 0 Å². The van der Waals surface area contributed by atoms with Crippen molar-refractivity contribution in [2.45, 2.75) is 35.8 Å². The fourth-order valence-corrected chi connectivity index (χ4v) is 4.69. The van der Waals surface area contributed by atoms with Gasteiger partial charge >= 0.3 is 0 Å². The summed E-state index contributed by atoms with van der Waals surface area (Å²) in [4.78, 5) is 15.0. The molecule has 1 unspecified atom stereocenters. The van der Waals surface area contributed by atoms with Crippen molar-refractivity contribution in [3.8, 4) is 0 Å². The molecule has 116 valence electrons. The number of thioether (sulfide) groups is 1. The van der Waals surface area contributed by atoms with Gasteiger partial charge in [-0.05, 0) is 31.7 Å². The first-order valence-electron chi connectivity index (χ1n) is 7.54. The monoisotopic (exact) mass is 333 g/mol. The van der Waals surface area contributed by atoms with Gasteiger partial charge in [0, 0.05) is 13.1 Å². The Kier molecular flexibility index (Phi) is 5.10. The Morgan fingerprint density at radius 2 is 1.91 bits per heavy atom. The minimum atomic E-state index is -0.230. The summed E-state index contributed by atoms with van der Waals surface area (Å²) in [6.07, 6.45) is 3.44. The number of likely N-dealkylation sites (tertiary alicyclic amines) is 1. The third kappa shape index (κ3) is 3.67. The maximum Gasteiger partial charge on any atom is 0.240 e. The lowest BCUT2D eigenvalue weighted by molar-refractivity contribution is -0.131. The molecule has 0 bridgehead atoms. The van der Waals surface area contributed by atoms with Crippen LogP contribution in [0.1, 0.15) is 35.1 Å². The molecule has 1 aromatic heterocycles. The Hall–Kier alpha value is -1.40. The summed E-state index contributed by atoms with van der Waals surface area (Å²) in [5.41, 5.74) is 1.04. The molecule has 0 saturated carbocycles. The number of piperidine rings is 1. The zero-order valence-corrected chi connectivity index (χ0v) is 14.2. The summed E-state index contributed by atoms with van der Waals surface area (Å²) in [7, 11) is 0. The molecular formula is C16H19N3OS2. The van der Waals surface area contributed by atoms with Crippen LogP contribution in [-0.4, -0.2) is 34.1 Å². The van der Waals surface area contributed by atoms with Crippen LogP contribution in [0.3, 0.4) is 0 Å². The number of rotatable bonds is 4. The van der Waals surface area contributed by atoms with Gasteiger partial charge in [0.15, 0.2) is 4.34 Å². The van der Waals surface area contributed by atoms with E-state index in [1.54, 1.807) is 11.3 Å². The molecule has 1 atom stereocenters. The molecule has 6 heteroatoms. The van der Waals surface area contributed by atoms with E-state index in [-0.39, 0.29) is 11.2 Å². The Morgan fingerprint density at radius 3 is 2.55 bits per heavy atom. The minimum Gasteiger partial charge on any atom is -0.341 e. The molecule has 0 N–H and O–H groups in total. The van der Waals surface area contributed by atoms with Crippen molar-refractivity contribution in [2.75, 3.05) is 13.1 Å². The molecule has 0 spiro atoms. The highest BCUT2D eigenvalue weighted by molar-refractivity contribution is 8.01. The van der Waals surface area contributed by atoms with Crippen LogP contribution in [0.15, 0.2) is 34.7 Å². The predicted molar refractivity (Wildman–Crippen MR) is 90.1 cm³/mol. The van der Waals surface area contributed by atoms with Gasteiger partial charge in [0.2, 0.25) is 5.91 Å². The van der Waals surface area contributed by atoms with Crippen LogP contribution >= 0.6 is 23.1 Å². The van der Waals surface area contributed by atoms with E-state index in [1.807, 2.05) is 42.2 Å². The number of carbonyl (C=O) groups is 1. The van der Waals surface area contributed by atoms with Crippen molar-refractivity contribution in [3.63, 3.8) is 0 Å². The van der Waals surface area contributed by atoms with Gasteiger partial charge in [0.1, 0.15) is 10.3 Å². The van der Waals surface area contributed by atoms with Crippen LogP contribution in [0.4, 0.5) is 0 Å². The van der Waals surface area contributed by atoms with Gasteiger partial charge in [-0.3, -0.25) is 4.79 Å². The number of hydrogen-bond donors (Lipinski definition) is 0. The molecule has 1 fully saturated rings. The maximum atomic E-state index is 13.0. The molecule has 4 nitrogen and oxygen atoms in total. The summed E-state index contributed by atoms with van der Waals surface area (Å²) in [5, 5.41) is 8.93. The van der Waals surface area contributed by atoms with Crippen molar-refractivity contribution < 1.29 is 4.79 Å². The Labute approximate surface area is 138 Å². The second-order valence-corrected chi connectivity index (χ2v) is 7.92. The number of hydrogen-bond acceptors (Lipinski definition) is 5. The average molecular weight is 333 g/mol. The van der Waals surface area contributed by atoms with Crippen LogP contribution in [-0.2, 0) is 4.79 Å². The van der Waals surface area contributed by atoms with Gasteiger partial charge in [-0.25, -0.2) is 0 Å². The van der Waals surface area contributed by atoms with E-state index in [9.17, 15) is 4.79 Å². The predicted octanol–water partition coefficient (Wildman–Crippen LogP) is 3.69. The fraction of sp³-hybridized carbons (Fsp3) is 0.438. The van der Waals surface area contributed by atoms with Crippen molar-refractivity contribution in [3.05, 3.63) is 40.9 Å². The van der Waals surface area contributed by atoms with Crippen LogP contribution < -0.4 is 0 Å². The number of nitrogens with zero attached hydrogens (tertiary/aromatic N) is 3. The first kappa shape index (κ1) is 15.5. The number of carbonyl (C=O) groups excluding carboxylic acids is 1. The van der Waals surface area contributed by atoms with E-state index in [4.69, 9.17) is 0 Å². The molecule has 0 aliphatic carbocycles. The normalized spacial score (nSPS) is 16.5. The van der Waals surface area contributed by atoms with Crippen LogP contribution in [0.2, 0.25) is 0 Å². The highest BCUT2D eigenvalue weighted by Gasteiger charge is 2.28. The molecule has 1 aromatic carbocycles. The molecule has 2 heterocycles. The quantitative estimate of drug-likeness (QED) is 0.801. The number of aromatic nitrogens is 2. The molecule has 3 rings (SSSR count). The molecule has 22 heavy (non-hydrogen) atoms. The number of aryl methyl sites for hydroxylation is 1. The molecule has 2 aromatic rings. The van der Waals surface area contributed by atoms with Gasteiger partial charge in [-0.2, -0.15) is 0 Å². The van der Waals surface area contributed by atoms with Gasteiger partial charge < -0.3 is 4.90 Å². The van der Waals surface area contributed by atoms with E-state index in [0.717, 1.165) is 40.8 Å². The van der Waals surface area contributed by atoms with E-state index < -0.39 is 0 Å². The van der Waals surface area contributed by atoms with Crippen molar-refractivity contribution in [1.82, 2.24) is 15.1 Å². The molecule has 1 saturated heterocycles. The number of amides is 1. The third-order valence-electron chi connectivity index (χ3n) is 3.72. The van der Waals surface area contributed by atoms with E-state index in [1.165, 1.54) is 18.2 Å². The highest BCUT2D eigenvalue weighted by Crippen LogP contribution is 2.38. The van der Waals surface area contributed by atoms with E-state index in [2.05, 4.69) is 10.2 Å². The Morgan fingerprint density at radius 1 is 1.18 bits per heavy atom. The zero-order chi connectivity index (χ0) is 15.4. The maximum absolute atomic E-state index is 13.0. The molecule has 1 aliphatic rings. The summed E-state index contributed by atoms with van der Waals surface area (Å²) < 4.78 is 0.858. The second-order valence-electron chi connectivity index (χ2n) is 5.38. The minimum absolute atomic E-state index is 0.198. The smallest absolute Gasteiger partial charge is 0.240 e. The van der Waals surface area contributed by atoms with Gasteiger partial charge in [-0.1, -0.05) is 53.4 Å². The van der Waals surface area contributed by atoms with Crippen molar-refractivity contribution in [2.24, 2.45) is 0 Å². The summed E-state index contributed by atoms with van der Waals surface area (Å²) in [6.45, 7) is 3.68. The van der Waals surface area contributed by atoms with Crippen LogP contribution in [0.5, 0.6) is 0 Å². The van der Waals surface area contributed by atoms with Gasteiger partial charge in [0.25, 0.3) is 0 Å². The highest BCUT2D eigenvalue weighted by atomic mass is 32.2. The molecule has 0 radical (unpaired) electrons. The SMILES string of the molecule is Cc1nnc(SC(C(=O)N2CCCCC2)c2ccccc2)s1. The molecule has 1 amide bonds. The summed E-state index contributed by atoms with van der Waals surface area (Å²) >= 11 is 3.06. The van der Waals surface area contributed by atoms with Crippen LogP contribution in [0.25, 0.3) is 0 Å². The first-order valence-corrected chi connectivity index (χ1v) is 9.24. The molecular weight excluding hydrogens is 314 g/mol. The lowest BCUT2D eigenvalue weighted by Gasteiger charge is -2.30. The standard InChI is InChI=1S/C16H19N3OS2/c1-12-17-18-16(21-12)22-14(13-8-4-2-5-9-13)15(20)19-10-6-3-7-11-19/h2,4-5,8-9,14H,3,6-7,10-11H2,1H3. The van der Waals surface area contributed by atoms with E-state index in [0.29, 0.717) is 0 Å². The summed E-state index contributed by atoms with van der Waals surface area (Å²) in [6, 6.07) is 9.99.